The molecule has 5 rings (SSSR count). The van der Waals surface area contributed by atoms with Crippen LogP contribution in [0.3, 0.4) is 0 Å². The molecule has 1 amide bonds. The first-order chi connectivity index (χ1) is 14.6. The molecule has 1 N–H and O–H groups in total. The normalized spacial score (nSPS) is 20.3. The number of aryl methyl sites for hydroxylation is 2. The maximum absolute atomic E-state index is 11.7. The molecule has 1 saturated heterocycles. The van der Waals surface area contributed by atoms with Crippen molar-refractivity contribution in [2.45, 2.75) is 57.3 Å². The summed E-state index contributed by atoms with van der Waals surface area (Å²) >= 11 is 1.92. The zero-order valence-corrected chi connectivity index (χ0v) is 19.1. The van der Waals surface area contributed by atoms with Crippen LogP contribution in [0.15, 0.2) is 0 Å². The van der Waals surface area contributed by atoms with Crippen molar-refractivity contribution in [2.24, 2.45) is 5.92 Å². The molecule has 6 nitrogen and oxygen atoms in total. The van der Waals surface area contributed by atoms with Gasteiger partial charge in [0.1, 0.15) is 16.5 Å². The van der Waals surface area contributed by atoms with E-state index in [1.807, 2.05) is 11.3 Å². The number of likely N-dealkylation sites (tertiary alicyclic amines) is 1. The second kappa shape index (κ2) is 8.42. The molecule has 0 radical (unpaired) electrons. The molecule has 2 aromatic rings. The summed E-state index contributed by atoms with van der Waals surface area (Å²) in [4.78, 5) is 29.3. The number of likely N-dealkylation sites (N-methyl/N-ethyl adjacent to an activating group) is 1. The van der Waals surface area contributed by atoms with Crippen LogP contribution in [0.25, 0.3) is 10.2 Å². The fraction of sp³-hybridized carbons (Fsp3) is 0.696. The van der Waals surface area contributed by atoms with Crippen LogP contribution in [-0.2, 0) is 17.6 Å². The molecule has 30 heavy (non-hydrogen) atoms. The summed E-state index contributed by atoms with van der Waals surface area (Å²) in [5, 5.41) is 4.08. The maximum Gasteiger partial charge on any atom is 0.233 e. The molecular weight excluding hydrogens is 394 g/mol. The van der Waals surface area contributed by atoms with Gasteiger partial charge in [0.2, 0.25) is 5.91 Å². The number of hydrogen-bond acceptors (Lipinski definition) is 6. The van der Waals surface area contributed by atoms with Gasteiger partial charge in [0, 0.05) is 31.4 Å². The number of fused-ring (bicyclic) bond motifs is 3. The van der Waals surface area contributed by atoms with Gasteiger partial charge >= 0.3 is 0 Å². The van der Waals surface area contributed by atoms with E-state index in [-0.39, 0.29) is 5.91 Å². The number of nitrogens with zero attached hydrogens (tertiary/aromatic N) is 4. The molecule has 0 aromatic carbocycles. The third-order valence-corrected chi connectivity index (χ3v) is 8.19. The summed E-state index contributed by atoms with van der Waals surface area (Å²) in [6.45, 7) is 3.57. The molecule has 2 aliphatic carbocycles. The molecular formula is C23H33N5OS. The highest BCUT2D eigenvalue weighted by Gasteiger charge is 2.31. The Morgan fingerprint density at radius 2 is 1.93 bits per heavy atom. The van der Waals surface area contributed by atoms with Crippen LogP contribution >= 0.6 is 11.3 Å². The van der Waals surface area contributed by atoms with Gasteiger partial charge in [-0.2, -0.15) is 0 Å². The van der Waals surface area contributed by atoms with Crippen molar-refractivity contribution in [1.29, 1.82) is 0 Å². The Hall–Kier alpha value is -1.73. The van der Waals surface area contributed by atoms with Crippen LogP contribution in [0.1, 0.15) is 60.7 Å². The van der Waals surface area contributed by atoms with Crippen molar-refractivity contribution < 1.29 is 4.79 Å². The van der Waals surface area contributed by atoms with Crippen molar-refractivity contribution in [3.63, 3.8) is 0 Å². The van der Waals surface area contributed by atoms with Crippen molar-refractivity contribution >= 4 is 33.3 Å². The highest BCUT2D eigenvalue weighted by molar-refractivity contribution is 7.19. The zero-order chi connectivity index (χ0) is 20.7. The van der Waals surface area contributed by atoms with Crippen LogP contribution in [0.4, 0.5) is 5.82 Å². The minimum Gasteiger partial charge on any atom is -0.359 e. The van der Waals surface area contributed by atoms with Crippen molar-refractivity contribution in [3.8, 4) is 0 Å². The van der Waals surface area contributed by atoms with Crippen LogP contribution in [0.5, 0.6) is 0 Å². The predicted molar refractivity (Wildman–Crippen MR) is 123 cm³/mol. The van der Waals surface area contributed by atoms with Crippen molar-refractivity contribution in [3.05, 3.63) is 16.3 Å². The third-order valence-electron chi connectivity index (χ3n) is 7.00. The fourth-order valence-corrected chi connectivity index (χ4v) is 6.30. The van der Waals surface area contributed by atoms with Gasteiger partial charge in [-0.25, -0.2) is 9.97 Å². The molecule has 1 saturated carbocycles. The first-order valence-corrected chi connectivity index (χ1v) is 12.4. The van der Waals surface area contributed by atoms with Crippen molar-refractivity contribution in [2.75, 3.05) is 45.2 Å². The van der Waals surface area contributed by atoms with E-state index in [0.29, 0.717) is 18.4 Å². The number of thiophene rings is 1. The SMILES string of the molecule is CNC(=O)CN1CCC(CN(C)c2nc(C3CC3)nc3sc4c(c23)CCCC4)CC1. The molecule has 0 spiro atoms. The van der Waals surface area contributed by atoms with Crippen LogP contribution < -0.4 is 10.2 Å². The summed E-state index contributed by atoms with van der Waals surface area (Å²) in [6.07, 6.45) is 9.76. The summed E-state index contributed by atoms with van der Waals surface area (Å²) < 4.78 is 0. The topological polar surface area (TPSA) is 61.4 Å². The second-order valence-electron chi connectivity index (χ2n) is 9.34. The van der Waals surface area contributed by atoms with Gasteiger partial charge in [0.15, 0.2) is 0 Å². The lowest BCUT2D eigenvalue weighted by molar-refractivity contribution is -0.122. The van der Waals surface area contributed by atoms with Gasteiger partial charge in [0.25, 0.3) is 0 Å². The van der Waals surface area contributed by atoms with E-state index in [1.165, 1.54) is 60.1 Å². The molecule has 2 fully saturated rings. The number of carbonyl (C=O) groups excluding carboxylic acids is 1. The molecule has 0 bridgehead atoms. The second-order valence-corrected chi connectivity index (χ2v) is 10.4. The van der Waals surface area contributed by atoms with Gasteiger partial charge in [-0.3, -0.25) is 9.69 Å². The lowest BCUT2D eigenvalue weighted by atomic mass is 9.95. The molecule has 1 aliphatic heterocycles. The highest BCUT2D eigenvalue weighted by atomic mass is 32.1. The summed E-state index contributed by atoms with van der Waals surface area (Å²) in [5.74, 6) is 3.59. The van der Waals surface area contributed by atoms with Gasteiger partial charge < -0.3 is 10.2 Å². The number of rotatable bonds is 6. The number of hydrogen-bond donors (Lipinski definition) is 1. The Kier molecular flexibility index (Phi) is 5.67. The molecule has 7 heteroatoms. The van der Waals surface area contributed by atoms with E-state index >= 15 is 0 Å². The Balaban J connectivity index is 1.35. The smallest absolute Gasteiger partial charge is 0.233 e. The first-order valence-electron chi connectivity index (χ1n) is 11.6. The Morgan fingerprint density at radius 3 is 2.67 bits per heavy atom. The van der Waals surface area contributed by atoms with Crippen molar-refractivity contribution in [1.82, 2.24) is 20.2 Å². The minimum atomic E-state index is 0.115. The van der Waals surface area contributed by atoms with E-state index in [9.17, 15) is 4.79 Å². The minimum absolute atomic E-state index is 0.115. The van der Waals surface area contributed by atoms with E-state index in [4.69, 9.17) is 9.97 Å². The highest BCUT2D eigenvalue weighted by Crippen LogP contribution is 2.44. The third kappa shape index (κ3) is 4.06. The van der Waals surface area contributed by atoms with Crippen LogP contribution in [-0.4, -0.2) is 61.0 Å². The summed E-state index contributed by atoms with van der Waals surface area (Å²) in [7, 11) is 3.94. The number of anilines is 1. The van der Waals surface area contributed by atoms with E-state index < -0.39 is 0 Å². The van der Waals surface area contributed by atoms with Crippen LogP contribution in [0, 0.1) is 5.92 Å². The quantitative estimate of drug-likeness (QED) is 0.766. The van der Waals surface area contributed by atoms with E-state index in [2.05, 4.69) is 22.2 Å². The molecule has 0 unspecified atom stereocenters. The van der Waals surface area contributed by atoms with Gasteiger partial charge in [0.05, 0.1) is 11.9 Å². The standard InChI is InChI=1S/C23H33N5OS/c1-24-19(29)14-28-11-9-15(10-12-28)13-27(2)22-20-17-5-3-4-6-18(17)30-23(20)26-21(25-22)16-7-8-16/h15-16H,3-14H2,1-2H3,(H,24,29). The Labute approximate surface area is 183 Å². The maximum atomic E-state index is 11.7. The van der Waals surface area contributed by atoms with Gasteiger partial charge in [-0.1, -0.05) is 0 Å². The number of amides is 1. The lowest BCUT2D eigenvalue weighted by Crippen LogP contribution is -2.42. The van der Waals surface area contributed by atoms with E-state index in [0.717, 1.165) is 38.3 Å². The molecule has 3 aliphatic rings. The zero-order valence-electron chi connectivity index (χ0n) is 18.2. The largest absolute Gasteiger partial charge is 0.359 e. The predicted octanol–water partition coefficient (Wildman–Crippen LogP) is 3.34. The Bertz CT molecular complexity index is 929. The average molecular weight is 428 g/mol. The molecule has 0 atom stereocenters. The van der Waals surface area contributed by atoms with Gasteiger partial charge in [-0.15, -0.1) is 11.3 Å². The molecule has 2 aromatic heterocycles. The number of aromatic nitrogens is 2. The number of nitrogens with one attached hydrogen (secondary N) is 1. The molecule has 3 heterocycles. The lowest BCUT2D eigenvalue weighted by Gasteiger charge is -2.34. The summed E-state index contributed by atoms with van der Waals surface area (Å²) in [6, 6.07) is 0. The number of piperidine rings is 1. The molecule has 162 valence electrons. The number of carbonyl (C=O) groups is 1. The fourth-order valence-electron chi connectivity index (χ4n) is 5.04. The van der Waals surface area contributed by atoms with Gasteiger partial charge in [-0.05, 0) is 75.9 Å². The first kappa shape index (κ1) is 20.2. The van der Waals surface area contributed by atoms with Crippen LogP contribution in [0.2, 0.25) is 0 Å². The monoisotopic (exact) mass is 427 g/mol. The average Bonchev–Trinajstić information content (AvgIpc) is 3.54. The van der Waals surface area contributed by atoms with E-state index in [1.54, 1.807) is 11.9 Å². The Morgan fingerprint density at radius 1 is 1.17 bits per heavy atom. The summed E-state index contributed by atoms with van der Waals surface area (Å²) in [5.41, 5.74) is 1.53.